The van der Waals surface area contributed by atoms with E-state index in [1.54, 1.807) is 6.20 Å². The van der Waals surface area contributed by atoms with Crippen LogP contribution in [0, 0.1) is 0 Å². The molecule has 0 bridgehead atoms. The summed E-state index contributed by atoms with van der Waals surface area (Å²) in [5.41, 5.74) is 5.29. The Bertz CT molecular complexity index is 301. The molecule has 0 atom stereocenters. The molecule has 0 fully saturated rings. The Kier molecular flexibility index (Phi) is 4.04. The molecule has 0 spiro atoms. The number of rotatable bonds is 3. The van der Waals surface area contributed by atoms with E-state index in [0.717, 1.165) is 9.50 Å². The molecule has 0 unspecified atom stereocenters. The normalized spacial score (nSPS) is 11.6. The van der Waals surface area contributed by atoms with Crippen LogP contribution in [0.15, 0.2) is 33.0 Å². The largest absolute Gasteiger partial charge is 0.409 e. The van der Waals surface area contributed by atoms with Crippen molar-refractivity contribution in [1.82, 2.24) is 4.98 Å². The second-order valence-electron chi connectivity index (χ2n) is 2.19. The van der Waals surface area contributed by atoms with Crippen LogP contribution in [0.25, 0.3) is 0 Å². The van der Waals surface area contributed by atoms with E-state index in [2.05, 4.69) is 26.1 Å². The molecule has 0 saturated carbocycles. The first kappa shape index (κ1) is 10.3. The van der Waals surface area contributed by atoms with Gasteiger partial charge in [-0.15, -0.1) is 0 Å². The van der Waals surface area contributed by atoms with Crippen molar-refractivity contribution in [1.29, 1.82) is 0 Å². The van der Waals surface area contributed by atoms with Gasteiger partial charge in [0.15, 0.2) is 0 Å². The molecule has 0 aromatic carbocycles. The Labute approximate surface area is 88.4 Å². The molecule has 4 nitrogen and oxygen atoms in total. The molecule has 3 N–H and O–H groups in total. The van der Waals surface area contributed by atoms with Gasteiger partial charge in [0.25, 0.3) is 0 Å². The van der Waals surface area contributed by atoms with Crippen molar-refractivity contribution in [2.45, 2.75) is 5.03 Å². The van der Waals surface area contributed by atoms with Crippen molar-refractivity contribution in [3.8, 4) is 0 Å². The quantitative estimate of drug-likeness (QED) is 0.286. The lowest BCUT2D eigenvalue weighted by Gasteiger charge is -1.98. The van der Waals surface area contributed by atoms with Crippen molar-refractivity contribution in [2.75, 3.05) is 5.75 Å². The number of nitrogens with two attached hydrogens (primary N) is 1. The van der Waals surface area contributed by atoms with Crippen LogP contribution < -0.4 is 5.73 Å². The highest BCUT2D eigenvalue weighted by Gasteiger charge is 1.97. The molecule has 13 heavy (non-hydrogen) atoms. The summed E-state index contributed by atoms with van der Waals surface area (Å²) in [7, 11) is 0. The van der Waals surface area contributed by atoms with E-state index in [9.17, 15) is 0 Å². The monoisotopic (exact) mass is 261 g/mol. The minimum atomic E-state index is 0.190. The highest BCUT2D eigenvalue weighted by Crippen LogP contribution is 2.16. The zero-order valence-electron chi connectivity index (χ0n) is 6.64. The number of amidine groups is 1. The Morgan fingerprint density at radius 2 is 2.46 bits per heavy atom. The van der Waals surface area contributed by atoms with Crippen LogP contribution in [0.4, 0.5) is 0 Å². The van der Waals surface area contributed by atoms with Gasteiger partial charge in [-0.25, -0.2) is 4.98 Å². The Hall–Kier alpha value is -0.750. The van der Waals surface area contributed by atoms with Crippen LogP contribution in [-0.2, 0) is 0 Å². The maximum Gasteiger partial charge on any atom is 0.149 e. The fourth-order valence-electron chi connectivity index (χ4n) is 0.624. The molecule has 1 rings (SSSR count). The van der Waals surface area contributed by atoms with E-state index in [1.807, 2.05) is 12.1 Å². The van der Waals surface area contributed by atoms with Crippen molar-refractivity contribution in [3.63, 3.8) is 0 Å². The molecule has 0 radical (unpaired) electrons. The van der Waals surface area contributed by atoms with E-state index >= 15 is 0 Å². The van der Waals surface area contributed by atoms with Gasteiger partial charge >= 0.3 is 0 Å². The molecule has 0 aliphatic carbocycles. The number of nitrogens with zero attached hydrogens (tertiary/aromatic N) is 2. The molecule has 70 valence electrons. The number of halogens is 1. The first-order valence-corrected chi connectivity index (χ1v) is 5.21. The fourth-order valence-corrected chi connectivity index (χ4v) is 1.50. The van der Waals surface area contributed by atoms with E-state index in [-0.39, 0.29) is 5.84 Å². The lowest BCUT2D eigenvalue weighted by atomic mass is 10.5. The predicted molar refractivity (Wildman–Crippen MR) is 56.1 cm³/mol. The Morgan fingerprint density at radius 1 is 1.69 bits per heavy atom. The molecule has 1 aromatic rings. The number of aromatic nitrogens is 1. The first-order valence-electron chi connectivity index (χ1n) is 3.43. The summed E-state index contributed by atoms with van der Waals surface area (Å²) in [6.45, 7) is 0. The van der Waals surface area contributed by atoms with Gasteiger partial charge < -0.3 is 10.9 Å². The molecule has 6 heteroatoms. The SMILES string of the molecule is NC(CSc1ccc(Br)cn1)=NO. The molecule has 0 aliphatic heterocycles. The summed E-state index contributed by atoms with van der Waals surface area (Å²) in [5, 5.41) is 12.0. The minimum Gasteiger partial charge on any atom is -0.409 e. The predicted octanol–water partition coefficient (Wildman–Crippen LogP) is 1.68. The Balaban J connectivity index is 2.51. The van der Waals surface area contributed by atoms with Crippen LogP contribution in [0.5, 0.6) is 0 Å². The molecular formula is C7H8BrN3OS. The van der Waals surface area contributed by atoms with Crippen LogP contribution >= 0.6 is 27.7 Å². The summed E-state index contributed by atoms with van der Waals surface area (Å²) in [6, 6.07) is 3.75. The summed E-state index contributed by atoms with van der Waals surface area (Å²) >= 11 is 4.69. The van der Waals surface area contributed by atoms with Gasteiger partial charge in [-0.3, -0.25) is 0 Å². The zero-order valence-corrected chi connectivity index (χ0v) is 9.05. The van der Waals surface area contributed by atoms with E-state index in [1.165, 1.54) is 11.8 Å². The molecule has 0 aliphatic rings. The maximum absolute atomic E-state index is 8.28. The van der Waals surface area contributed by atoms with Crippen LogP contribution in [0.2, 0.25) is 0 Å². The standard InChI is InChI=1S/C7H8BrN3OS/c8-5-1-2-7(10-3-5)13-4-6(9)11-12/h1-3,12H,4H2,(H2,9,11). The lowest BCUT2D eigenvalue weighted by Crippen LogP contribution is -2.14. The second kappa shape index (κ2) is 5.08. The number of hydrogen-bond donors (Lipinski definition) is 2. The van der Waals surface area contributed by atoms with Gasteiger partial charge in [0.2, 0.25) is 0 Å². The van der Waals surface area contributed by atoms with Crippen molar-refractivity contribution < 1.29 is 5.21 Å². The molecule has 1 heterocycles. The molecule has 0 saturated heterocycles. The maximum atomic E-state index is 8.28. The highest BCUT2D eigenvalue weighted by molar-refractivity contribution is 9.10. The first-order chi connectivity index (χ1) is 6.22. The average molecular weight is 262 g/mol. The van der Waals surface area contributed by atoms with Gasteiger partial charge in [0.05, 0.1) is 10.8 Å². The summed E-state index contributed by atoms with van der Waals surface area (Å²) in [4.78, 5) is 4.11. The fraction of sp³-hybridized carbons (Fsp3) is 0.143. The Morgan fingerprint density at radius 3 is 3.00 bits per heavy atom. The highest BCUT2D eigenvalue weighted by atomic mass is 79.9. The third-order valence-corrected chi connectivity index (χ3v) is 2.64. The van der Waals surface area contributed by atoms with Crippen LogP contribution in [0.3, 0.4) is 0 Å². The molecule has 1 aromatic heterocycles. The molecular weight excluding hydrogens is 254 g/mol. The minimum absolute atomic E-state index is 0.190. The zero-order chi connectivity index (χ0) is 9.68. The van der Waals surface area contributed by atoms with Gasteiger partial charge in [0.1, 0.15) is 5.84 Å². The number of oxime groups is 1. The van der Waals surface area contributed by atoms with Gasteiger partial charge in [-0.05, 0) is 28.1 Å². The van der Waals surface area contributed by atoms with E-state index in [0.29, 0.717) is 5.75 Å². The number of thioether (sulfide) groups is 1. The van der Waals surface area contributed by atoms with Crippen molar-refractivity contribution in [2.24, 2.45) is 10.9 Å². The van der Waals surface area contributed by atoms with Gasteiger partial charge in [-0.2, -0.15) is 0 Å². The second-order valence-corrected chi connectivity index (χ2v) is 4.11. The number of hydrogen-bond acceptors (Lipinski definition) is 4. The van der Waals surface area contributed by atoms with Crippen molar-refractivity contribution >= 4 is 33.5 Å². The summed E-state index contributed by atoms with van der Waals surface area (Å²) < 4.78 is 0.931. The third-order valence-electron chi connectivity index (χ3n) is 1.20. The van der Waals surface area contributed by atoms with Gasteiger partial charge in [0, 0.05) is 10.7 Å². The smallest absolute Gasteiger partial charge is 0.149 e. The van der Waals surface area contributed by atoms with Crippen LogP contribution in [-0.4, -0.2) is 21.8 Å². The summed E-state index contributed by atoms with van der Waals surface area (Å²) in [5.74, 6) is 0.625. The third kappa shape index (κ3) is 3.65. The van der Waals surface area contributed by atoms with Gasteiger partial charge in [-0.1, -0.05) is 16.9 Å². The summed E-state index contributed by atoms with van der Waals surface area (Å²) in [6.07, 6.45) is 1.70. The molecule has 0 amide bonds. The lowest BCUT2D eigenvalue weighted by molar-refractivity contribution is 0.318. The van der Waals surface area contributed by atoms with Crippen molar-refractivity contribution in [3.05, 3.63) is 22.8 Å². The number of pyridine rings is 1. The van der Waals surface area contributed by atoms with E-state index in [4.69, 9.17) is 10.9 Å². The average Bonchev–Trinajstić information content (AvgIpc) is 2.16. The van der Waals surface area contributed by atoms with E-state index < -0.39 is 0 Å². The van der Waals surface area contributed by atoms with Crippen LogP contribution in [0.1, 0.15) is 0 Å². The topological polar surface area (TPSA) is 71.5 Å².